The lowest BCUT2D eigenvalue weighted by Gasteiger charge is -2.37. The molecule has 4 aromatic carbocycles. The lowest BCUT2D eigenvalue weighted by Crippen LogP contribution is -2.39. The number of piperidine rings is 1. The fourth-order valence-electron chi connectivity index (χ4n) is 4.97. The molecule has 0 aliphatic carbocycles. The van der Waals surface area contributed by atoms with Crippen molar-refractivity contribution in [1.29, 1.82) is 0 Å². The zero-order chi connectivity index (χ0) is 24.9. The molecule has 1 saturated heterocycles. The summed E-state index contributed by atoms with van der Waals surface area (Å²) in [5, 5.41) is 5.73. The van der Waals surface area contributed by atoms with Crippen molar-refractivity contribution in [2.45, 2.75) is 18.9 Å². The molecule has 1 aliphatic rings. The van der Waals surface area contributed by atoms with E-state index in [0.29, 0.717) is 12.3 Å². The highest BCUT2D eigenvalue weighted by atomic mass is 35.5. The Hall–Kier alpha value is -2.93. The molecule has 5 rings (SSSR count). The van der Waals surface area contributed by atoms with Gasteiger partial charge in [0, 0.05) is 18.3 Å². The molecule has 38 heavy (non-hydrogen) atoms. The summed E-state index contributed by atoms with van der Waals surface area (Å²) < 4.78 is 46.8. The van der Waals surface area contributed by atoms with Crippen molar-refractivity contribution >= 4 is 41.3 Å². The Morgan fingerprint density at radius 3 is 2.21 bits per heavy atom. The molecule has 1 heterocycles. The van der Waals surface area contributed by atoms with Gasteiger partial charge in [0.05, 0.1) is 6.04 Å². The van der Waals surface area contributed by atoms with Crippen molar-refractivity contribution in [2.75, 3.05) is 31.6 Å². The summed E-state index contributed by atoms with van der Waals surface area (Å²) in [7, 11) is 0. The van der Waals surface area contributed by atoms with Gasteiger partial charge in [-0.3, -0.25) is 4.90 Å². The topological polar surface area (TPSA) is 24.5 Å². The van der Waals surface area contributed by atoms with Crippen molar-refractivity contribution in [3.63, 3.8) is 0 Å². The molecule has 0 aromatic heterocycles. The van der Waals surface area contributed by atoms with Gasteiger partial charge in [-0.25, -0.2) is 13.2 Å². The first-order valence-electron chi connectivity index (χ1n) is 12.4. The SMILES string of the molecule is Cl.Cl.Fc1ccc(C(Nc2ccc(F)c(F)c2)C2CCN(CCOc3ccc4ccccc4c3)CC2)cc1. The summed E-state index contributed by atoms with van der Waals surface area (Å²) in [6.07, 6.45) is 1.85. The van der Waals surface area contributed by atoms with Crippen LogP contribution in [0.4, 0.5) is 18.9 Å². The van der Waals surface area contributed by atoms with Gasteiger partial charge in [0.15, 0.2) is 11.6 Å². The average Bonchev–Trinajstić information content (AvgIpc) is 2.90. The highest BCUT2D eigenvalue weighted by molar-refractivity contribution is 5.85. The maximum atomic E-state index is 13.8. The Morgan fingerprint density at radius 1 is 0.789 bits per heavy atom. The first kappa shape index (κ1) is 29.6. The summed E-state index contributed by atoms with van der Waals surface area (Å²) in [6, 6.07) is 24.5. The van der Waals surface area contributed by atoms with Crippen LogP contribution in [0.1, 0.15) is 24.4 Å². The van der Waals surface area contributed by atoms with E-state index in [-0.39, 0.29) is 42.6 Å². The smallest absolute Gasteiger partial charge is 0.160 e. The molecule has 1 atom stereocenters. The van der Waals surface area contributed by atoms with Crippen molar-refractivity contribution in [3.8, 4) is 5.75 Å². The summed E-state index contributed by atoms with van der Waals surface area (Å²) in [5.41, 5.74) is 1.44. The van der Waals surface area contributed by atoms with Crippen LogP contribution in [0.2, 0.25) is 0 Å². The monoisotopic (exact) mass is 562 g/mol. The van der Waals surface area contributed by atoms with Crippen LogP contribution in [-0.2, 0) is 0 Å². The number of hydrogen-bond acceptors (Lipinski definition) is 3. The number of rotatable bonds is 8. The third kappa shape index (κ3) is 7.34. The minimum atomic E-state index is -0.890. The summed E-state index contributed by atoms with van der Waals surface area (Å²) in [5.74, 6) is -0.930. The molecule has 0 saturated carbocycles. The van der Waals surface area contributed by atoms with Gasteiger partial charge in [-0.1, -0.05) is 42.5 Å². The molecule has 1 aliphatic heterocycles. The van der Waals surface area contributed by atoms with Crippen LogP contribution in [0.5, 0.6) is 5.75 Å². The second kappa shape index (κ2) is 13.7. The predicted octanol–water partition coefficient (Wildman–Crippen LogP) is 8.04. The van der Waals surface area contributed by atoms with E-state index < -0.39 is 11.6 Å². The van der Waals surface area contributed by atoms with Gasteiger partial charge in [0.2, 0.25) is 0 Å². The molecule has 3 nitrogen and oxygen atoms in total. The lowest BCUT2D eigenvalue weighted by molar-refractivity contribution is 0.147. The molecule has 1 fully saturated rings. The van der Waals surface area contributed by atoms with Gasteiger partial charge in [-0.05, 0) is 84.6 Å². The van der Waals surface area contributed by atoms with E-state index in [1.54, 1.807) is 12.1 Å². The van der Waals surface area contributed by atoms with Gasteiger partial charge in [-0.15, -0.1) is 24.8 Å². The molecule has 0 radical (unpaired) electrons. The first-order chi connectivity index (χ1) is 17.5. The Morgan fingerprint density at radius 2 is 1.50 bits per heavy atom. The van der Waals surface area contributed by atoms with E-state index in [9.17, 15) is 13.2 Å². The maximum Gasteiger partial charge on any atom is 0.160 e. The number of nitrogens with zero attached hydrogens (tertiary/aromatic N) is 1. The summed E-state index contributed by atoms with van der Waals surface area (Å²) in [4.78, 5) is 2.39. The number of hydrogen-bond donors (Lipinski definition) is 1. The van der Waals surface area contributed by atoms with Gasteiger partial charge >= 0.3 is 0 Å². The summed E-state index contributed by atoms with van der Waals surface area (Å²) >= 11 is 0. The first-order valence-corrected chi connectivity index (χ1v) is 12.4. The zero-order valence-electron chi connectivity index (χ0n) is 20.8. The average molecular weight is 563 g/mol. The molecule has 0 bridgehead atoms. The number of halogens is 5. The van der Waals surface area contributed by atoms with Crippen LogP contribution in [0, 0.1) is 23.4 Å². The van der Waals surface area contributed by atoms with E-state index >= 15 is 0 Å². The number of benzene rings is 4. The molecule has 0 amide bonds. The highest BCUT2D eigenvalue weighted by Crippen LogP contribution is 2.34. The minimum Gasteiger partial charge on any atom is -0.492 e. The van der Waals surface area contributed by atoms with Gasteiger partial charge in [0.25, 0.3) is 0 Å². The van der Waals surface area contributed by atoms with Crippen molar-refractivity contribution in [2.24, 2.45) is 5.92 Å². The lowest BCUT2D eigenvalue weighted by atomic mass is 9.85. The van der Waals surface area contributed by atoms with Crippen molar-refractivity contribution in [1.82, 2.24) is 4.90 Å². The molecule has 4 aromatic rings. The third-order valence-corrected chi connectivity index (χ3v) is 6.97. The molecule has 1 unspecified atom stereocenters. The normalized spacial score (nSPS) is 14.8. The van der Waals surface area contributed by atoms with E-state index in [1.165, 1.54) is 29.7 Å². The highest BCUT2D eigenvalue weighted by Gasteiger charge is 2.28. The fourth-order valence-corrected chi connectivity index (χ4v) is 4.97. The van der Waals surface area contributed by atoms with Gasteiger partial charge in [-0.2, -0.15) is 0 Å². The van der Waals surface area contributed by atoms with Gasteiger partial charge < -0.3 is 10.1 Å². The fraction of sp³-hybridized carbons (Fsp3) is 0.267. The molecule has 8 heteroatoms. The van der Waals surface area contributed by atoms with Crippen molar-refractivity contribution in [3.05, 3.63) is 108 Å². The predicted molar refractivity (Wildman–Crippen MR) is 152 cm³/mol. The van der Waals surface area contributed by atoms with Crippen LogP contribution in [0.15, 0.2) is 84.9 Å². The van der Waals surface area contributed by atoms with Crippen LogP contribution in [-0.4, -0.2) is 31.1 Å². The Kier molecular flexibility index (Phi) is 10.7. The third-order valence-electron chi connectivity index (χ3n) is 6.97. The Bertz CT molecular complexity index is 1310. The molecule has 202 valence electrons. The number of nitrogens with one attached hydrogen (secondary N) is 1. The zero-order valence-corrected chi connectivity index (χ0v) is 22.4. The van der Waals surface area contributed by atoms with Crippen LogP contribution in [0.3, 0.4) is 0 Å². The van der Waals surface area contributed by atoms with Crippen LogP contribution < -0.4 is 10.1 Å². The van der Waals surface area contributed by atoms with E-state index in [2.05, 4.69) is 34.5 Å². The second-order valence-electron chi connectivity index (χ2n) is 9.34. The minimum absolute atomic E-state index is 0. The largest absolute Gasteiger partial charge is 0.492 e. The Balaban J connectivity index is 0.00000200. The number of likely N-dealkylation sites (tertiary alicyclic amines) is 1. The molecule has 1 N–H and O–H groups in total. The number of ether oxygens (including phenoxy) is 1. The second-order valence-corrected chi connectivity index (χ2v) is 9.34. The number of anilines is 1. The summed E-state index contributed by atoms with van der Waals surface area (Å²) in [6.45, 7) is 3.25. The maximum absolute atomic E-state index is 13.8. The molecular formula is C30H31Cl2F3N2O. The molecule has 0 spiro atoms. The standard InChI is InChI=1S/C30H29F3N2O.2ClH/c31-25-8-5-22(6-9-25)30(34-26-10-12-28(32)29(33)20-26)23-13-15-35(16-14-23)17-18-36-27-11-7-21-3-1-2-4-24(21)19-27;;/h1-12,19-20,23,30,34H,13-18H2;2*1H. The van der Waals surface area contributed by atoms with Crippen LogP contribution >= 0.6 is 24.8 Å². The number of fused-ring (bicyclic) bond motifs is 1. The van der Waals surface area contributed by atoms with E-state index in [4.69, 9.17) is 4.74 Å². The van der Waals surface area contributed by atoms with Crippen molar-refractivity contribution < 1.29 is 17.9 Å². The van der Waals surface area contributed by atoms with Crippen LogP contribution in [0.25, 0.3) is 10.8 Å². The van der Waals surface area contributed by atoms with E-state index in [1.807, 2.05) is 18.2 Å². The Labute approximate surface area is 233 Å². The molecular weight excluding hydrogens is 532 g/mol. The quantitative estimate of drug-likeness (QED) is 0.235. The van der Waals surface area contributed by atoms with Gasteiger partial charge in [0.1, 0.15) is 18.2 Å². The van der Waals surface area contributed by atoms with E-state index in [0.717, 1.165) is 55.2 Å².